The molecule has 0 bridgehead atoms. The van der Waals surface area contributed by atoms with E-state index in [-0.39, 0.29) is 4.90 Å². The molecule has 0 spiro atoms. The Labute approximate surface area is 124 Å². The summed E-state index contributed by atoms with van der Waals surface area (Å²) in [6.07, 6.45) is 0. The molecule has 0 aliphatic carbocycles. The zero-order chi connectivity index (χ0) is 15.5. The van der Waals surface area contributed by atoms with Gasteiger partial charge in [0.25, 0.3) is 0 Å². The summed E-state index contributed by atoms with van der Waals surface area (Å²) in [4.78, 5) is 0.0593. The van der Waals surface area contributed by atoms with Crippen molar-refractivity contribution in [2.75, 3.05) is 6.61 Å². The molecule has 0 aromatic heterocycles. The minimum Gasteiger partial charge on any atom is -0.489 e. The van der Waals surface area contributed by atoms with E-state index >= 15 is 0 Å². The van der Waals surface area contributed by atoms with E-state index in [9.17, 15) is 8.42 Å². The smallest absolute Gasteiger partial charge is 0.238 e. The lowest BCUT2D eigenvalue weighted by molar-refractivity contribution is 0.354. The molecule has 2 aromatic rings. The van der Waals surface area contributed by atoms with Gasteiger partial charge in [-0.05, 0) is 36.3 Å². The van der Waals surface area contributed by atoms with Crippen LogP contribution in [-0.4, -0.2) is 15.0 Å². The molecular weight excluding hydrogens is 286 g/mol. The van der Waals surface area contributed by atoms with Crippen molar-refractivity contribution < 1.29 is 13.2 Å². The molecule has 2 rings (SSSR count). The number of hydrogen-bond acceptors (Lipinski definition) is 3. The molecule has 5 heteroatoms. The first-order chi connectivity index (χ1) is 9.88. The van der Waals surface area contributed by atoms with Crippen LogP contribution in [0.25, 0.3) is 11.1 Å². The average Bonchev–Trinajstić information content (AvgIpc) is 2.45. The van der Waals surface area contributed by atoms with E-state index in [0.29, 0.717) is 17.9 Å². The maximum Gasteiger partial charge on any atom is 0.238 e. The van der Waals surface area contributed by atoms with Gasteiger partial charge in [-0.3, -0.25) is 0 Å². The second kappa shape index (κ2) is 6.11. The molecular formula is C16H17NO3S. The SMILES string of the molecule is C=C(C)COc1ccc(S(N)(=O)=O)cc1-c1ccccc1. The van der Waals surface area contributed by atoms with Crippen LogP contribution in [-0.2, 0) is 10.0 Å². The molecule has 0 atom stereocenters. The van der Waals surface area contributed by atoms with Crippen molar-refractivity contribution in [3.8, 4) is 16.9 Å². The van der Waals surface area contributed by atoms with Gasteiger partial charge in [-0.1, -0.05) is 36.9 Å². The summed E-state index contributed by atoms with van der Waals surface area (Å²) in [5.74, 6) is 0.594. The van der Waals surface area contributed by atoms with Crippen LogP contribution in [0.5, 0.6) is 5.75 Å². The lowest BCUT2D eigenvalue weighted by Crippen LogP contribution is -2.12. The van der Waals surface area contributed by atoms with Gasteiger partial charge in [0.2, 0.25) is 10.0 Å². The van der Waals surface area contributed by atoms with Crippen molar-refractivity contribution in [3.63, 3.8) is 0 Å². The molecule has 0 fully saturated rings. The van der Waals surface area contributed by atoms with Crippen molar-refractivity contribution in [1.82, 2.24) is 0 Å². The molecule has 4 nitrogen and oxygen atoms in total. The summed E-state index contributed by atoms with van der Waals surface area (Å²) in [5.41, 5.74) is 2.42. The second-order valence-corrected chi connectivity index (χ2v) is 6.38. The van der Waals surface area contributed by atoms with Crippen molar-refractivity contribution in [1.29, 1.82) is 0 Å². The summed E-state index contributed by atoms with van der Waals surface area (Å²) in [7, 11) is -3.75. The van der Waals surface area contributed by atoms with Gasteiger partial charge in [0.05, 0.1) is 4.90 Å². The highest BCUT2D eigenvalue weighted by Gasteiger charge is 2.13. The summed E-state index contributed by atoms with van der Waals surface area (Å²) >= 11 is 0. The van der Waals surface area contributed by atoms with E-state index in [1.54, 1.807) is 6.07 Å². The standard InChI is InChI=1S/C16H17NO3S/c1-12(2)11-20-16-9-8-14(21(17,18)19)10-15(16)13-6-4-3-5-7-13/h3-10H,1,11H2,2H3,(H2,17,18,19). The van der Waals surface area contributed by atoms with E-state index in [0.717, 1.165) is 11.1 Å². The Hall–Kier alpha value is -2.11. The van der Waals surface area contributed by atoms with E-state index in [2.05, 4.69) is 6.58 Å². The van der Waals surface area contributed by atoms with Crippen LogP contribution >= 0.6 is 0 Å². The fourth-order valence-electron chi connectivity index (χ4n) is 1.86. The molecule has 0 heterocycles. The number of rotatable bonds is 5. The highest BCUT2D eigenvalue weighted by Crippen LogP contribution is 2.32. The summed E-state index contributed by atoms with van der Waals surface area (Å²) in [6, 6.07) is 14.0. The van der Waals surface area contributed by atoms with Gasteiger partial charge in [0.15, 0.2) is 0 Å². The Morgan fingerprint density at radius 2 is 1.86 bits per heavy atom. The van der Waals surface area contributed by atoms with Gasteiger partial charge in [0, 0.05) is 5.56 Å². The van der Waals surface area contributed by atoms with Crippen LogP contribution in [0.15, 0.2) is 65.6 Å². The van der Waals surface area contributed by atoms with Crippen molar-refractivity contribution in [2.45, 2.75) is 11.8 Å². The minimum atomic E-state index is -3.75. The summed E-state index contributed by atoms with van der Waals surface area (Å²) < 4.78 is 28.7. The Bertz CT molecular complexity index is 752. The number of benzene rings is 2. The van der Waals surface area contributed by atoms with Crippen LogP contribution in [0.4, 0.5) is 0 Å². The number of nitrogens with two attached hydrogens (primary N) is 1. The third kappa shape index (κ3) is 3.93. The molecule has 2 aromatic carbocycles. The summed E-state index contributed by atoms with van der Waals surface area (Å²) in [6.45, 7) is 6.02. The molecule has 0 aliphatic heterocycles. The first-order valence-corrected chi connectivity index (χ1v) is 7.92. The maximum absolute atomic E-state index is 11.5. The highest BCUT2D eigenvalue weighted by atomic mass is 32.2. The zero-order valence-corrected chi connectivity index (χ0v) is 12.6. The highest BCUT2D eigenvalue weighted by molar-refractivity contribution is 7.89. The predicted molar refractivity (Wildman–Crippen MR) is 83.6 cm³/mol. The predicted octanol–water partition coefficient (Wildman–Crippen LogP) is 2.96. The van der Waals surface area contributed by atoms with Gasteiger partial charge in [-0.15, -0.1) is 0 Å². The molecule has 0 aliphatic rings. The number of primary sulfonamides is 1. The molecule has 21 heavy (non-hydrogen) atoms. The van der Waals surface area contributed by atoms with Crippen LogP contribution in [0.3, 0.4) is 0 Å². The number of hydrogen-bond donors (Lipinski definition) is 1. The van der Waals surface area contributed by atoms with Crippen molar-refractivity contribution in [2.24, 2.45) is 5.14 Å². The van der Waals surface area contributed by atoms with E-state index < -0.39 is 10.0 Å². The lowest BCUT2D eigenvalue weighted by Gasteiger charge is -2.13. The number of sulfonamides is 1. The van der Waals surface area contributed by atoms with Crippen LogP contribution in [0.1, 0.15) is 6.92 Å². The fraction of sp³-hybridized carbons (Fsp3) is 0.125. The van der Waals surface area contributed by atoms with Gasteiger partial charge in [-0.25, -0.2) is 13.6 Å². The largest absolute Gasteiger partial charge is 0.489 e. The normalized spacial score (nSPS) is 11.1. The molecule has 0 radical (unpaired) electrons. The Kier molecular flexibility index (Phi) is 4.45. The maximum atomic E-state index is 11.5. The van der Waals surface area contributed by atoms with Crippen molar-refractivity contribution >= 4 is 10.0 Å². The van der Waals surface area contributed by atoms with E-state index in [4.69, 9.17) is 9.88 Å². The monoisotopic (exact) mass is 303 g/mol. The third-order valence-electron chi connectivity index (χ3n) is 2.84. The van der Waals surface area contributed by atoms with Gasteiger partial charge >= 0.3 is 0 Å². The zero-order valence-electron chi connectivity index (χ0n) is 11.7. The Morgan fingerprint density at radius 3 is 2.43 bits per heavy atom. The van der Waals surface area contributed by atoms with Crippen LogP contribution in [0.2, 0.25) is 0 Å². The molecule has 110 valence electrons. The van der Waals surface area contributed by atoms with Crippen molar-refractivity contribution in [3.05, 3.63) is 60.7 Å². The molecule has 0 amide bonds. The average molecular weight is 303 g/mol. The van der Waals surface area contributed by atoms with Gasteiger partial charge in [0.1, 0.15) is 12.4 Å². The molecule has 0 unspecified atom stereocenters. The van der Waals surface area contributed by atoms with E-state index in [1.807, 2.05) is 37.3 Å². The first kappa shape index (κ1) is 15.3. The topological polar surface area (TPSA) is 69.4 Å². The molecule has 2 N–H and O–H groups in total. The Morgan fingerprint density at radius 1 is 1.19 bits per heavy atom. The molecule has 0 saturated heterocycles. The third-order valence-corrected chi connectivity index (χ3v) is 3.75. The first-order valence-electron chi connectivity index (χ1n) is 6.37. The number of ether oxygens (including phenoxy) is 1. The second-order valence-electron chi connectivity index (χ2n) is 4.81. The van der Waals surface area contributed by atoms with E-state index in [1.165, 1.54) is 12.1 Å². The fourth-order valence-corrected chi connectivity index (χ4v) is 2.40. The van der Waals surface area contributed by atoms with Crippen LogP contribution < -0.4 is 9.88 Å². The quantitative estimate of drug-likeness (QED) is 0.863. The lowest BCUT2D eigenvalue weighted by atomic mass is 10.0. The van der Waals surface area contributed by atoms with Gasteiger partial charge in [-0.2, -0.15) is 0 Å². The molecule has 0 saturated carbocycles. The van der Waals surface area contributed by atoms with Crippen LogP contribution in [0, 0.1) is 0 Å². The summed E-state index contributed by atoms with van der Waals surface area (Å²) in [5, 5.41) is 5.19. The van der Waals surface area contributed by atoms with Gasteiger partial charge < -0.3 is 4.74 Å². The minimum absolute atomic E-state index is 0.0593. The Balaban J connectivity index is 2.53.